The summed E-state index contributed by atoms with van der Waals surface area (Å²) in [4.78, 5) is 75.2. The topological polar surface area (TPSA) is 151 Å². The molecule has 2 aliphatic rings. The molecular weight excluding hydrogens is 527 g/mol. The number of ether oxygens (including phenoxy) is 1. The van der Waals surface area contributed by atoms with E-state index >= 15 is 0 Å². The fraction of sp³-hybridized carbons (Fsp3) is 0.586. The number of anilines is 1. The third-order valence-electron chi connectivity index (χ3n) is 8.12. The zero-order chi connectivity index (χ0) is 30.0. The van der Waals surface area contributed by atoms with Crippen LogP contribution in [-0.2, 0) is 35.3 Å². The average molecular weight is 568 g/mol. The molecule has 1 heterocycles. The van der Waals surface area contributed by atoms with E-state index < -0.39 is 17.2 Å². The molecule has 1 aliphatic carbocycles. The molecule has 0 radical (unpaired) electrons. The number of benzene rings is 1. The Hall–Kier alpha value is -3.70. The highest BCUT2D eigenvalue weighted by atomic mass is 16.5. The van der Waals surface area contributed by atoms with Crippen molar-refractivity contribution in [2.24, 2.45) is 17.3 Å². The highest BCUT2D eigenvalue weighted by Gasteiger charge is 2.50. The van der Waals surface area contributed by atoms with Crippen LogP contribution in [0, 0.1) is 17.3 Å². The molecule has 1 aromatic rings. The third kappa shape index (κ3) is 8.40. The number of unbranched alkanes of at least 4 members (excludes halogenated alkanes) is 2. The number of nitrogens with one attached hydrogen (secondary N) is 3. The number of likely N-dealkylation sites (tertiary alicyclic amines) is 1. The summed E-state index contributed by atoms with van der Waals surface area (Å²) in [6.07, 6.45) is 4.81. The van der Waals surface area contributed by atoms with E-state index in [9.17, 15) is 28.8 Å². The summed E-state index contributed by atoms with van der Waals surface area (Å²) in [5.74, 6) is -1.80. The average Bonchev–Trinajstić information content (AvgIpc) is 3.20. The summed E-state index contributed by atoms with van der Waals surface area (Å²) in [5, 5.41) is 8.14. The molecule has 5 amide bonds. The SMILES string of the molecule is BC(=O)OCc1ccc(NC(=O)CNC(=O)C2(C(=O)NCCCCCN3C(=O)CC(C(C)CC)C3=O)CCC2)cc1. The van der Waals surface area contributed by atoms with Gasteiger partial charge < -0.3 is 20.7 Å². The zero-order valence-electron chi connectivity index (χ0n) is 24.3. The minimum Gasteiger partial charge on any atom is -0.469 e. The lowest BCUT2D eigenvalue weighted by molar-refractivity contribution is -0.150. The van der Waals surface area contributed by atoms with Crippen molar-refractivity contribution in [2.45, 2.75) is 71.8 Å². The number of hydrogen-bond acceptors (Lipinski definition) is 7. The maximum atomic E-state index is 12.9. The van der Waals surface area contributed by atoms with E-state index in [4.69, 9.17) is 4.74 Å². The lowest BCUT2D eigenvalue weighted by atomic mass is 9.67. The van der Waals surface area contributed by atoms with Gasteiger partial charge in [0.25, 0.3) is 0 Å². The number of amides is 5. The van der Waals surface area contributed by atoms with Crippen molar-refractivity contribution in [3.05, 3.63) is 29.8 Å². The third-order valence-corrected chi connectivity index (χ3v) is 8.12. The quantitative estimate of drug-likeness (QED) is 0.127. The van der Waals surface area contributed by atoms with Crippen LogP contribution in [0.3, 0.4) is 0 Å². The Labute approximate surface area is 241 Å². The van der Waals surface area contributed by atoms with Gasteiger partial charge >= 0.3 is 0 Å². The Morgan fingerprint density at radius 2 is 1.73 bits per heavy atom. The van der Waals surface area contributed by atoms with E-state index in [0.717, 1.165) is 24.8 Å². The standard InChI is InChI=1S/C29H41BN4O7/c1-3-19(2)22-16-24(36)34(25(22)37)15-6-4-5-14-31-26(38)29(12-7-13-29)27(39)32-17-23(35)33-21-10-8-20(9-11-21)18-41-28(30)40/h8-11,19,22H,3-7,12-18,30H2,1-2H3,(H,31,38)(H,32,39)(H,33,35). The van der Waals surface area contributed by atoms with E-state index in [1.54, 1.807) is 24.3 Å². The Bertz CT molecular complexity index is 1140. The van der Waals surface area contributed by atoms with Gasteiger partial charge in [0.05, 0.1) is 6.54 Å². The normalized spacial score (nSPS) is 18.3. The molecule has 0 spiro atoms. The second-order valence-corrected chi connectivity index (χ2v) is 11.0. The molecule has 41 heavy (non-hydrogen) atoms. The first-order valence-electron chi connectivity index (χ1n) is 14.5. The highest BCUT2D eigenvalue weighted by Crippen LogP contribution is 2.41. The summed E-state index contributed by atoms with van der Waals surface area (Å²) < 4.78 is 4.93. The molecule has 0 aromatic heterocycles. The molecule has 12 heteroatoms. The van der Waals surface area contributed by atoms with Gasteiger partial charge in [-0.1, -0.05) is 38.8 Å². The molecule has 1 saturated carbocycles. The predicted molar refractivity (Wildman–Crippen MR) is 154 cm³/mol. The van der Waals surface area contributed by atoms with Crippen LogP contribution < -0.4 is 16.0 Å². The number of nitrogens with zero attached hydrogens (tertiary/aromatic N) is 1. The van der Waals surface area contributed by atoms with Crippen molar-refractivity contribution in [2.75, 3.05) is 25.0 Å². The molecule has 222 valence electrons. The molecule has 0 bridgehead atoms. The Balaban J connectivity index is 1.35. The number of carbonyl (C=O) groups is 6. The molecule has 3 rings (SSSR count). The van der Waals surface area contributed by atoms with E-state index in [2.05, 4.69) is 16.0 Å². The van der Waals surface area contributed by atoms with E-state index in [0.29, 0.717) is 50.9 Å². The van der Waals surface area contributed by atoms with Crippen LogP contribution in [-0.4, -0.2) is 67.8 Å². The maximum Gasteiger partial charge on any atom is 0.243 e. The van der Waals surface area contributed by atoms with Crippen LogP contribution in [0.2, 0.25) is 0 Å². The van der Waals surface area contributed by atoms with Gasteiger partial charge in [-0.2, -0.15) is 0 Å². The first-order valence-corrected chi connectivity index (χ1v) is 14.5. The van der Waals surface area contributed by atoms with Crippen LogP contribution >= 0.6 is 0 Å². The van der Waals surface area contributed by atoms with Crippen molar-refractivity contribution in [3.63, 3.8) is 0 Å². The fourth-order valence-electron chi connectivity index (χ4n) is 5.11. The molecule has 2 atom stereocenters. The summed E-state index contributed by atoms with van der Waals surface area (Å²) in [7, 11) is 1.33. The second kappa shape index (κ2) is 14.8. The second-order valence-electron chi connectivity index (χ2n) is 11.0. The molecular formula is C29H41BN4O7. The van der Waals surface area contributed by atoms with Gasteiger partial charge in [-0.25, -0.2) is 0 Å². The first-order chi connectivity index (χ1) is 19.6. The van der Waals surface area contributed by atoms with Crippen LogP contribution in [0.1, 0.15) is 70.8 Å². The minimum atomic E-state index is -1.17. The predicted octanol–water partition coefficient (Wildman–Crippen LogP) is 1.89. The number of imide groups is 1. The lowest BCUT2D eigenvalue weighted by Crippen LogP contribution is -2.56. The minimum absolute atomic E-state index is 0.0709. The number of hydrogen-bond donors (Lipinski definition) is 3. The summed E-state index contributed by atoms with van der Waals surface area (Å²) in [5.41, 5.74) is 0.134. The molecule has 1 aliphatic heterocycles. The zero-order valence-corrected chi connectivity index (χ0v) is 24.3. The first kappa shape index (κ1) is 31.8. The van der Waals surface area contributed by atoms with Crippen LogP contribution in [0.25, 0.3) is 0 Å². The Morgan fingerprint density at radius 3 is 2.34 bits per heavy atom. The highest BCUT2D eigenvalue weighted by molar-refractivity contribution is 6.55. The van der Waals surface area contributed by atoms with Crippen molar-refractivity contribution in [1.29, 1.82) is 0 Å². The van der Waals surface area contributed by atoms with Crippen molar-refractivity contribution in [1.82, 2.24) is 15.5 Å². The molecule has 1 aromatic carbocycles. The van der Waals surface area contributed by atoms with Gasteiger partial charge in [-0.05, 0) is 55.7 Å². The van der Waals surface area contributed by atoms with Crippen LogP contribution in [0.4, 0.5) is 10.5 Å². The summed E-state index contributed by atoms with van der Waals surface area (Å²) >= 11 is 0. The van der Waals surface area contributed by atoms with Gasteiger partial charge in [0.15, 0.2) is 0 Å². The molecule has 3 N–H and O–H groups in total. The lowest BCUT2D eigenvalue weighted by Gasteiger charge is -2.38. The smallest absolute Gasteiger partial charge is 0.243 e. The van der Waals surface area contributed by atoms with E-state index in [-0.39, 0.29) is 48.6 Å². The van der Waals surface area contributed by atoms with Gasteiger partial charge in [0.2, 0.25) is 43.3 Å². The van der Waals surface area contributed by atoms with Gasteiger partial charge in [-0.3, -0.25) is 33.7 Å². The fourth-order valence-corrected chi connectivity index (χ4v) is 5.11. The maximum absolute atomic E-state index is 12.9. The Morgan fingerprint density at radius 1 is 1.05 bits per heavy atom. The number of carbonyl (C=O) groups excluding carboxylic acids is 6. The molecule has 2 fully saturated rings. The van der Waals surface area contributed by atoms with E-state index in [1.165, 1.54) is 12.7 Å². The van der Waals surface area contributed by atoms with E-state index in [1.807, 2.05) is 13.8 Å². The Kier molecular flexibility index (Phi) is 11.5. The van der Waals surface area contributed by atoms with Crippen molar-refractivity contribution >= 4 is 48.9 Å². The largest absolute Gasteiger partial charge is 0.469 e. The summed E-state index contributed by atoms with van der Waals surface area (Å²) in [6, 6.07) is 6.78. The van der Waals surface area contributed by atoms with Crippen LogP contribution in [0.15, 0.2) is 24.3 Å². The monoisotopic (exact) mass is 568 g/mol. The molecule has 1 saturated heterocycles. The number of rotatable bonds is 15. The molecule has 11 nitrogen and oxygen atoms in total. The summed E-state index contributed by atoms with van der Waals surface area (Å²) in [6.45, 7) is 4.68. The van der Waals surface area contributed by atoms with Gasteiger partial charge in [0, 0.05) is 31.1 Å². The molecule has 2 unspecified atom stereocenters. The van der Waals surface area contributed by atoms with Crippen molar-refractivity contribution in [3.8, 4) is 0 Å². The van der Waals surface area contributed by atoms with Crippen molar-refractivity contribution < 1.29 is 33.5 Å². The van der Waals surface area contributed by atoms with Gasteiger partial charge in [-0.15, -0.1) is 0 Å². The van der Waals surface area contributed by atoms with Gasteiger partial charge in [0.1, 0.15) is 12.0 Å². The van der Waals surface area contributed by atoms with Crippen LogP contribution in [0.5, 0.6) is 0 Å².